The number of hydrogen-bond donors (Lipinski definition) is 2. The number of carbonyl (C=O) groups excluding carboxylic acids is 1. The fourth-order valence-corrected chi connectivity index (χ4v) is 6.20. The number of hydrogen-bond acceptors (Lipinski definition) is 7. The van der Waals surface area contributed by atoms with Crippen LogP contribution in [0, 0.1) is 20.8 Å². The number of sulfonamides is 2. The first-order valence-electron chi connectivity index (χ1n) is 11.8. The van der Waals surface area contributed by atoms with Gasteiger partial charge in [0.1, 0.15) is 6.54 Å². The Morgan fingerprint density at radius 1 is 0.821 bits per heavy atom. The van der Waals surface area contributed by atoms with Gasteiger partial charge in [-0.3, -0.25) is 9.10 Å². The smallest absolute Gasteiger partial charge is 0.264 e. The van der Waals surface area contributed by atoms with Crippen LogP contribution in [0.1, 0.15) is 16.8 Å². The van der Waals surface area contributed by atoms with Crippen molar-refractivity contribution in [1.82, 2.24) is 9.97 Å². The lowest BCUT2D eigenvalue weighted by Gasteiger charge is -2.26. The quantitative estimate of drug-likeness (QED) is 0.312. The number of carbonyl (C=O) groups is 1. The minimum atomic E-state index is -4.07. The van der Waals surface area contributed by atoms with E-state index in [1.165, 1.54) is 42.6 Å². The van der Waals surface area contributed by atoms with Crippen LogP contribution in [-0.4, -0.2) is 39.3 Å². The molecule has 0 saturated carbocycles. The molecule has 0 aliphatic rings. The van der Waals surface area contributed by atoms with E-state index in [9.17, 15) is 21.6 Å². The number of anilines is 3. The Kier molecular flexibility index (Phi) is 7.98. The summed E-state index contributed by atoms with van der Waals surface area (Å²) in [5.74, 6) is -0.657. The minimum absolute atomic E-state index is 0.0540. The Morgan fingerprint density at radius 2 is 1.51 bits per heavy atom. The standard InChI is InChI=1S/C27H27N5O5S2/c1-19-8-7-11-25(21(19)3)32(39(36,37)24-9-5-4-6-10-24)18-26(33)30-22-12-14-23(15-13-22)38(34,35)31-27-28-17-16-20(2)29-27/h4-17H,18H2,1-3H3,(H,30,33)(H,28,29,31). The van der Waals surface area contributed by atoms with E-state index in [0.29, 0.717) is 17.1 Å². The molecule has 202 valence electrons. The molecular weight excluding hydrogens is 538 g/mol. The van der Waals surface area contributed by atoms with Gasteiger partial charge < -0.3 is 5.32 Å². The molecule has 0 fully saturated rings. The van der Waals surface area contributed by atoms with E-state index in [4.69, 9.17) is 0 Å². The Balaban J connectivity index is 1.55. The molecule has 0 aliphatic carbocycles. The van der Waals surface area contributed by atoms with Crippen LogP contribution in [0.25, 0.3) is 0 Å². The molecule has 10 nitrogen and oxygen atoms in total. The highest BCUT2D eigenvalue weighted by molar-refractivity contribution is 7.93. The van der Waals surface area contributed by atoms with Gasteiger partial charge in [0.05, 0.1) is 15.5 Å². The van der Waals surface area contributed by atoms with Crippen molar-refractivity contribution in [1.29, 1.82) is 0 Å². The third-order valence-corrected chi connectivity index (χ3v) is 9.05. The maximum absolute atomic E-state index is 13.6. The summed E-state index contributed by atoms with van der Waals surface area (Å²) in [6, 6.07) is 20.2. The van der Waals surface area contributed by atoms with Gasteiger partial charge in [0.2, 0.25) is 11.9 Å². The van der Waals surface area contributed by atoms with Gasteiger partial charge in [-0.1, -0.05) is 30.3 Å². The molecule has 0 unspecified atom stereocenters. The number of amides is 1. The normalized spacial score (nSPS) is 11.6. The van der Waals surface area contributed by atoms with Crippen LogP contribution in [0.5, 0.6) is 0 Å². The van der Waals surface area contributed by atoms with Crippen LogP contribution in [0.15, 0.2) is 94.9 Å². The lowest BCUT2D eigenvalue weighted by atomic mass is 10.1. The second kappa shape index (κ2) is 11.2. The monoisotopic (exact) mass is 565 g/mol. The van der Waals surface area contributed by atoms with E-state index in [-0.39, 0.29) is 15.7 Å². The summed E-state index contributed by atoms with van der Waals surface area (Å²) in [5.41, 5.74) is 2.89. The Hall–Kier alpha value is -4.29. The minimum Gasteiger partial charge on any atom is -0.325 e. The predicted molar refractivity (Wildman–Crippen MR) is 150 cm³/mol. The molecule has 0 atom stereocenters. The molecule has 0 bridgehead atoms. The molecule has 1 heterocycles. The zero-order chi connectivity index (χ0) is 28.2. The molecule has 3 aromatic carbocycles. The van der Waals surface area contributed by atoms with Crippen molar-refractivity contribution in [2.45, 2.75) is 30.6 Å². The predicted octanol–water partition coefficient (Wildman–Crippen LogP) is 4.04. The highest BCUT2D eigenvalue weighted by atomic mass is 32.2. The maximum Gasteiger partial charge on any atom is 0.264 e. The number of benzene rings is 3. The number of aryl methyl sites for hydroxylation is 2. The second-order valence-corrected chi connectivity index (χ2v) is 12.3. The van der Waals surface area contributed by atoms with Gasteiger partial charge in [0.15, 0.2) is 0 Å². The number of rotatable bonds is 9. The summed E-state index contributed by atoms with van der Waals surface area (Å²) in [7, 11) is -8.03. The molecule has 2 N–H and O–H groups in total. The molecule has 1 amide bonds. The summed E-state index contributed by atoms with van der Waals surface area (Å²) in [5, 5.41) is 2.65. The average Bonchev–Trinajstić information content (AvgIpc) is 2.89. The average molecular weight is 566 g/mol. The summed E-state index contributed by atoms with van der Waals surface area (Å²) < 4.78 is 55.9. The van der Waals surface area contributed by atoms with E-state index in [1.54, 1.807) is 50.2 Å². The van der Waals surface area contributed by atoms with Gasteiger partial charge in [-0.15, -0.1) is 0 Å². The highest BCUT2D eigenvalue weighted by Gasteiger charge is 2.28. The Morgan fingerprint density at radius 3 is 2.18 bits per heavy atom. The lowest BCUT2D eigenvalue weighted by Crippen LogP contribution is -2.38. The molecule has 1 aromatic heterocycles. The van der Waals surface area contributed by atoms with Crippen LogP contribution in [0.3, 0.4) is 0 Å². The third-order valence-electron chi connectivity index (χ3n) is 5.93. The first kappa shape index (κ1) is 27.7. The third kappa shape index (κ3) is 6.41. The van der Waals surface area contributed by atoms with Gasteiger partial charge in [-0.2, -0.15) is 0 Å². The van der Waals surface area contributed by atoms with Crippen molar-refractivity contribution in [3.8, 4) is 0 Å². The van der Waals surface area contributed by atoms with Crippen LogP contribution in [0.4, 0.5) is 17.3 Å². The summed E-state index contributed by atoms with van der Waals surface area (Å²) >= 11 is 0. The van der Waals surface area contributed by atoms with Gasteiger partial charge >= 0.3 is 0 Å². The fourth-order valence-electron chi connectivity index (χ4n) is 3.75. The molecule has 4 rings (SSSR count). The summed E-state index contributed by atoms with van der Waals surface area (Å²) in [4.78, 5) is 21.0. The molecule has 4 aromatic rings. The van der Waals surface area contributed by atoms with Crippen molar-refractivity contribution >= 4 is 43.3 Å². The van der Waals surface area contributed by atoms with Crippen molar-refractivity contribution in [2.24, 2.45) is 0 Å². The van der Waals surface area contributed by atoms with E-state index >= 15 is 0 Å². The number of nitrogens with zero attached hydrogens (tertiary/aromatic N) is 3. The van der Waals surface area contributed by atoms with E-state index in [0.717, 1.165) is 15.4 Å². The van der Waals surface area contributed by atoms with E-state index in [1.807, 2.05) is 13.0 Å². The molecule has 0 aliphatic heterocycles. The van der Waals surface area contributed by atoms with Crippen LogP contribution >= 0.6 is 0 Å². The number of aromatic nitrogens is 2. The maximum atomic E-state index is 13.6. The van der Waals surface area contributed by atoms with Crippen molar-refractivity contribution in [3.63, 3.8) is 0 Å². The molecule has 0 saturated heterocycles. The summed E-state index contributed by atoms with van der Waals surface area (Å²) in [6.45, 7) is 4.88. The van der Waals surface area contributed by atoms with Crippen molar-refractivity contribution in [3.05, 3.63) is 102 Å². The van der Waals surface area contributed by atoms with E-state index in [2.05, 4.69) is 20.0 Å². The highest BCUT2D eigenvalue weighted by Crippen LogP contribution is 2.28. The van der Waals surface area contributed by atoms with Crippen molar-refractivity contribution < 1.29 is 21.6 Å². The number of nitrogens with one attached hydrogen (secondary N) is 2. The topological polar surface area (TPSA) is 138 Å². The van der Waals surface area contributed by atoms with Gasteiger partial charge in [-0.05, 0) is 80.4 Å². The van der Waals surface area contributed by atoms with Gasteiger partial charge in [0, 0.05) is 17.6 Å². The van der Waals surface area contributed by atoms with Crippen LogP contribution in [0.2, 0.25) is 0 Å². The largest absolute Gasteiger partial charge is 0.325 e. The van der Waals surface area contributed by atoms with Crippen LogP contribution in [-0.2, 0) is 24.8 Å². The fraction of sp³-hybridized carbons (Fsp3) is 0.148. The summed E-state index contributed by atoms with van der Waals surface area (Å²) in [6.07, 6.45) is 1.44. The zero-order valence-electron chi connectivity index (χ0n) is 21.5. The van der Waals surface area contributed by atoms with Gasteiger partial charge in [-0.25, -0.2) is 31.5 Å². The Bertz CT molecular complexity index is 1710. The lowest BCUT2D eigenvalue weighted by molar-refractivity contribution is -0.114. The first-order chi connectivity index (χ1) is 18.5. The molecule has 0 spiro atoms. The van der Waals surface area contributed by atoms with Crippen LogP contribution < -0.4 is 14.3 Å². The molecule has 39 heavy (non-hydrogen) atoms. The molecule has 0 radical (unpaired) electrons. The molecular formula is C27H27N5O5S2. The second-order valence-electron chi connectivity index (χ2n) is 8.74. The zero-order valence-corrected chi connectivity index (χ0v) is 23.1. The first-order valence-corrected chi connectivity index (χ1v) is 14.8. The van der Waals surface area contributed by atoms with Gasteiger partial charge in [0.25, 0.3) is 20.0 Å². The Labute approximate surface area is 227 Å². The van der Waals surface area contributed by atoms with Crippen molar-refractivity contribution in [2.75, 3.05) is 20.9 Å². The van der Waals surface area contributed by atoms with E-state index < -0.39 is 32.5 Å². The molecule has 12 heteroatoms. The SMILES string of the molecule is Cc1ccnc(NS(=O)(=O)c2ccc(NC(=O)CN(c3cccc(C)c3C)S(=O)(=O)c3ccccc3)cc2)n1.